The van der Waals surface area contributed by atoms with Gasteiger partial charge < -0.3 is 15.9 Å². The molecular weight excluding hydrogens is 1880 g/mol. The summed E-state index contributed by atoms with van der Waals surface area (Å²) in [7, 11) is -3.88. The van der Waals surface area contributed by atoms with E-state index in [4.69, 9.17) is 10.9 Å². The molecule has 0 aliphatic heterocycles. The number of carboxylic acid groups (broad SMARTS) is 1. The number of amides is 1. The summed E-state index contributed by atoms with van der Waals surface area (Å²) < 4.78 is 38.1. The number of aromatic hydroxyl groups is 1. The summed E-state index contributed by atoms with van der Waals surface area (Å²) >= 11 is 0. The molecule has 0 aromatic heterocycles. The first-order valence-electron chi connectivity index (χ1n) is 49.1. The lowest BCUT2D eigenvalue weighted by molar-refractivity contribution is -0.117. The molecule has 0 saturated heterocycles. The number of primary amides is 1. The SMILES string of the molecule is NC(=O)c1ccc(C2C3=C(CCCC3=O)CC3=C2C(=O)c2ccccc2C3=O)cc1.NS(=O)(=O)c1ccc(C2C3=C(CCCC3=O)CC3=C2C(=O)c2ccccc2C3=O)cc1.O=C1CCCC2=C1C(c1ccc(C(=O)O)cc1)C1=C(C2)C(=O)c2ccccc2C1=O.O=C1CCCC2=C1C(c1ccc(O)cc1)C1=C(C2)C(=O)c2ccccc2C1=O.O=C1CCCC2=C1C(c1ccccc1F)C1=C(C2)C(=O)c2ccccc2C1=O. The average molecular weight is 1970 g/mol. The molecular formula is C122H91FN2O21S. The van der Waals surface area contributed by atoms with E-state index in [2.05, 4.69) is 0 Å². The molecule has 5 unspecified atom stereocenters. The Morgan fingerprint density at radius 2 is 0.483 bits per heavy atom. The quantitative estimate of drug-likeness (QED) is 0.110. The second kappa shape index (κ2) is 38.4. The number of carbonyl (C=O) groups is 17. The fourth-order valence-electron chi connectivity index (χ4n) is 24.3. The highest BCUT2D eigenvalue weighted by atomic mass is 32.2. The summed E-state index contributed by atoms with van der Waals surface area (Å²) in [6.07, 6.45) is 11.2. The molecule has 5 atom stereocenters. The zero-order valence-corrected chi connectivity index (χ0v) is 80.0. The molecule has 0 heterocycles. The molecule has 147 heavy (non-hydrogen) atoms. The summed E-state index contributed by atoms with van der Waals surface area (Å²) in [4.78, 5) is 221. The Kier molecular flexibility index (Phi) is 25.2. The van der Waals surface area contributed by atoms with Crippen LogP contribution in [0.15, 0.2) is 359 Å². The van der Waals surface area contributed by atoms with Crippen LogP contribution in [0.25, 0.3) is 0 Å². The van der Waals surface area contributed by atoms with Crippen molar-refractivity contribution in [2.45, 2.75) is 163 Å². The number of sulfonamides is 1. The molecule has 0 radical (unpaired) electrons. The Morgan fingerprint density at radius 3 is 0.728 bits per heavy atom. The number of ketones is 15. The number of phenolic OH excluding ortho intramolecular Hbond substituents is 1. The van der Waals surface area contributed by atoms with Crippen molar-refractivity contribution in [3.8, 4) is 5.75 Å². The number of benzene rings is 10. The largest absolute Gasteiger partial charge is 0.508 e. The van der Waals surface area contributed by atoms with Gasteiger partial charge in [-0.3, -0.25) is 76.7 Å². The first-order valence-corrected chi connectivity index (χ1v) is 50.6. The molecule has 15 aliphatic rings. The number of phenols is 1. The van der Waals surface area contributed by atoms with Gasteiger partial charge >= 0.3 is 5.97 Å². The Hall–Kier alpha value is -16.8. The molecule has 25 heteroatoms. The van der Waals surface area contributed by atoms with E-state index in [0.717, 1.165) is 90.4 Å². The highest BCUT2D eigenvalue weighted by molar-refractivity contribution is 7.89. The van der Waals surface area contributed by atoms with Gasteiger partial charge in [-0.15, -0.1) is 0 Å². The van der Waals surface area contributed by atoms with E-state index in [9.17, 15) is 105 Å². The molecule has 23 nitrogen and oxygen atoms in total. The van der Waals surface area contributed by atoms with Gasteiger partial charge in [0.05, 0.1) is 10.5 Å². The predicted molar refractivity (Wildman–Crippen MR) is 538 cm³/mol. The molecule has 728 valence electrons. The lowest BCUT2D eigenvalue weighted by Crippen LogP contribution is -2.33. The summed E-state index contributed by atoms with van der Waals surface area (Å²) in [5.74, 6) is -7.06. The first-order chi connectivity index (χ1) is 70.8. The zero-order chi connectivity index (χ0) is 103. The van der Waals surface area contributed by atoms with Gasteiger partial charge in [-0.1, -0.05) is 216 Å². The van der Waals surface area contributed by atoms with Crippen molar-refractivity contribution in [1.29, 1.82) is 0 Å². The summed E-state index contributed by atoms with van der Waals surface area (Å²) in [5, 5.41) is 24.1. The third kappa shape index (κ3) is 16.8. The van der Waals surface area contributed by atoms with Crippen molar-refractivity contribution in [2.24, 2.45) is 10.9 Å². The van der Waals surface area contributed by atoms with Gasteiger partial charge in [-0.25, -0.2) is 22.7 Å². The molecule has 10 aromatic rings. The lowest BCUT2D eigenvalue weighted by atomic mass is 9.65. The first kappa shape index (κ1) is 96.4. The van der Waals surface area contributed by atoms with E-state index in [1.54, 1.807) is 212 Å². The van der Waals surface area contributed by atoms with Crippen LogP contribution in [0.5, 0.6) is 5.75 Å². The topological polar surface area (TPSA) is 417 Å². The molecule has 0 saturated carbocycles. The predicted octanol–water partition coefficient (Wildman–Crippen LogP) is 20.3. The molecule has 6 N–H and O–H groups in total. The van der Waals surface area contributed by atoms with Crippen molar-refractivity contribution in [1.82, 2.24) is 0 Å². The van der Waals surface area contributed by atoms with Crippen LogP contribution >= 0.6 is 0 Å². The molecule has 25 rings (SSSR count). The fraction of sp³-hybridized carbons (Fsp3) is 0.205. The van der Waals surface area contributed by atoms with Crippen LogP contribution in [0.4, 0.5) is 4.39 Å². The van der Waals surface area contributed by atoms with Gasteiger partial charge in [0.1, 0.15) is 11.6 Å². The van der Waals surface area contributed by atoms with E-state index >= 15 is 0 Å². The molecule has 15 aliphatic carbocycles. The number of hydrogen-bond acceptors (Lipinski definition) is 20. The second-order valence-electron chi connectivity index (χ2n) is 39.1. The van der Waals surface area contributed by atoms with Gasteiger partial charge in [0, 0.05) is 206 Å². The second-order valence-corrected chi connectivity index (χ2v) is 40.7. The fourth-order valence-corrected chi connectivity index (χ4v) is 24.9. The number of carbonyl (C=O) groups excluding carboxylic acids is 16. The smallest absolute Gasteiger partial charge is 0.335 e. The van der Waals surface area contributed by atoms with Crippen molar-refractivity contribution in [3.63, 3.8) is 0 Å². The van der Waals surface area contributed by atoms with Crippen LogP contribution in [0.3, 0.4) is 0 Å². The molecule has 0 fully saturated rings. The number of allylic oxidation sites excluding steroid dienone is 20. The summed E-state index contributed by atoms with van der Waals surface area (Å²) in [5.41, 5.74) is 24.6. The number of rotatable bonds is 8. The van der Waals surface area contributed by atoms with Crippen molar-refractivity contribution in [2.75, 3.05) is 0 Å². The van der Waals surface area contributed by atoms with Crippen molar-refractivity contribution < 1.29 is 105 Å². The summed E-state index contributed by atoms with van der Waals surface area (Å²) in [6, 6.07) is 65.6. The van der Waals surface area contributed by atoms with Crippen molar-refractivity contribution in [3.05, 3.63) is 455 Å². The number of hydrogen-bond donors (Lipinski definition) is 4. The Morgan fingerprint density at radius 1 is 0.265 bits per heavy atom. The Bertz CT molecular complexity index is 8060. The number of carboxylic acids is 1. The maximum atomic E-state index is 14.8. The van der Waals surface area contributed by atoms with Gasteiger partial charge in [0.2, 0.25) is 15.9 Å². The Labute approximate surface area is 842 Å². The van der Waals surface area contributed by atoms with Gasteiger partial charge in [0.25, 0.3) is 0 Å². The van der Waals surface area contributed by atoms with Gasteiger partial charge in [-0.2, -0.15) is 0 Å². The highest BCUT2D eigenvalue weighted by Crippen LogP contribution is 2.57. The van der Waals surface area contributed by atoms with Crippen LogP contribution < -0.4 is 10.9 Å². The number of halogens is 1. The molecule has 0 bridgehead atoms. The van der Waals surface area contributed by atoms with Crippen molar-refractivity contribution >= 4 is 109 Å². The van der Waals surface area contributed by atoms with Gasteiger partial charge in [-0.05, 0) is 179 Å². The molecule has 1 amide bonds. The normalized spacial score (nSPS) is 21.0. The average Bonchev–Trinajstić information content (AvgIpc) is 0.723. The summed E-state index contributed by atoms with van der Waals surface area (Å²) in [6.45, 7) is 0. The minimum atomic E-state index is -3.88. The minimum Gasteiger partial charge on any atom is -0.508 e. The van der Waals surface area contributed by atoms with E-state index in [0.29, 0.717) is 227 Å². The number of nitrogens with two attached hydrogens (primary N) is 2. The molecule has 0 spiro atoms. The maximum Gasteiger partial charge on any atom is 0.335 e. The van der Waals surface area contributed by atoms with Crippen LogP contribution in [0, 0.1) is 5.82 Å². The number of aromatic carboxylic acids is 1. The standard InChI is InChI=1S/C25H19NO4.C25H18O5.C24H17FO3.C24H19NO5S.C24H18O4/c26-25(30)14-10-8-13(9-11-14)21-20-15(4-3-7-19(20)27)12-18-22(21)24(29)17-6-2-1-5-16(17)23(18)28;26-19-7-3-4-15-12-18-22(24(28)17-6-2-1-5-16(17)23(18)27)21(20(15)19)13-8-10-14(11-9-13)25(29)30;25-18-10-4-3-9-16(18)21-20-13(6-5-11-19(20)26)12-17-22(21)24(28)15-8-2-1-7-14(15)23(17)27;25-31(29,30)15-10-8-13(9-11-15)21-20-14(4-3-7-19(20)26)12-18-22(21)24(28)17-6-2-1-5-16(17)23(18)27;25-15-10-8-13(9-11-15)21-20-14(4-3-7-19(20)26)12-18-22(21)24(28)17-6-2-1-5-16(17)23(18)27/h1-2,5-6,8-11,21H,3-4,7,12H2,(H2,26,30);1-2,5-6,8-11,21H,3-4,7,12H2,(H,29,30);1-4,7-10,21H,5-6,11-12H2;1-2,5-6,8-11,21H,3-4,7,12H2,(H2,25,29,30);1-2,5-6,8-11,21,25H,3-4,7,12H2. The maximum absolute atomic E-state index is 14.8. The van der Waals surface area contributed by atoms with E-state index in [-0.39, 0.29) is 114 Å². The van der Waals surface area contributed by atoms with E-state index < -0.39 is 57.3 Å². The Balaban J connectivity index is 0.000000108. The number of Topliss-reactive ketones (excluding diaryl/α,β-unsaturated/α-hetero) is 15. The van der Waals surface area contributed by atoms with E-state index in [1.807, 2.05) is 0 Å². The zero-order valence-electron chi connectivity index (χ0n) is 79.2. The van der Waals surface area contributed by atoms with Gasteiger partial charge in [0.15, 0.2) is 86.7 Å². The van der Waals surface area contributed by atoms with Crippen LogP contribution in [0.2, 0.25) is 0 Å². The van der Waals surface area contributed by atoms with E-state index in [1.165, 1.54) is 30.3 Å². The lowest BCUT2D eigenvalue weighted by Gasteiger charge is -2.36. The number of primary sulfonamides is 1. The highest BCUT2D eigenvalue weighted by Gasteiger charge is 2.52. The molecule has 10 aromatic carbocycles. The third-order valence-corrected chi connectivity index (χ3v) is 31.9. The third-order valence-electron chi connectivity index (χ3n) is 31.0. The van der Waals surface area contributed by atoms with Crippen LogP contribution in [-0.2, 0) is 34.0 Å². The minimum absolute atomic E-state index is 0.00854. The monoisotopic (exact) mass is 1970 g/mol. The van der Waals surface area contributed by atoms with Crippen LogP contribution in [-0.4, -0.2) is 117 Å². The number of fused-ring (bicyclic) bond motifs is 5. The van der Waals surface area contributed by atoms with Crippen LogP contribution in [0.1, 0.15) is 310 Å².